The summed E-state index contributed by atoms with van der Waals surface area (Å²) >= 11 is 0. The number of hydrogen-bond acceptors (Lipinski definition) is 3. The number of fused-ring (bicyclic) bond motifs is 8. The highest BCUT2D eigenvalue weighted by molar-refractivity contribution is 6.10. The van der Waals surface area contributed by atoms with Crippen LogP contribution in [0.15, 0.2) is 115 Å². The fourth-order valence-corrected chi connectivity index (χ4v) is 5.34. The summed E-state index contributed by atoms with van der Waals surface area (Å²) in [4.78, 5) is 15.2. The zero-order chi connectivity index (χ0) is 23.6. The van der Waals surface area contributed by atoms with E-state index in [9.17, 15) is 0 Å². The fraction of sp³-hybridized carbons (Fsp3) is 0. The summed E-state index contributed by atoms with van der Waals surface area (Å²) in [5.41, 5.74) is 9.90. The Labute approximate surface area is 205 Å². The predicted octanol–water partition coefficient (Wildman–Crippen LogP) is 7.19. The molecule has 0 unspecified atom stereocenters. The summed E-state index contributed by atoms with van der Waals surface area (Å²) in [6.07, 6.45) is 0. The summed E-state index contributed by atoms with van der Waals surface area (Å²) in [6, 6.07) is 39.4. The standard InChI is InChI=1S/C31H19N5/c1-2-10-20(11-3-1)29-31(34-23-14-6-5-13-22(23)33-29)35-25-16-8-4-12-21(25)30-27(35)18-19-28-32-24-15-7-9-17-26(24)36(28)30/h1-19H. The number of aromatic nitrogens is 5. The van der Waals surface area contributed by atoms with Crippen molar-refractivity contribution in [3.8, 4) is 17.1 Å². The number of imidazole rings is 1. The highest BCUT2D eigenvalue weighted by Crippen LogP contribution is 2.36. The molecule has 5 heteroatoms. The van der Waals surface area contributed by atoms with Crippen molar-refractivity contribution < 1.29 is 0 Å². The van der Waals surface area contributed by atoms with Gasteiger partial charge in [-0.2, -0.15) is 0 Å². The molecule has 0 aliphatic heterocycles. The Kier molecular flexibility index (Phi) is 3.88. The molecule has 0 N–H and O–H groups in total. The van der Waals surface area contributed by atoms with Crippen molar-refractivity contribution in [3.05, 3.63) is 115 Å². The van der Waals surface area contributed by atoms with Crippen molar-refractivity contribution in [2.45, 2.75) is 0 Å². The molecule has 0 radical (unpaired) electrons. The fourth-order valence-electron chi connectivity index (χ4n) is 5.34. The molecule has 0 atom stereocenters. The van der Waals surface area contributed by atoms with Gasteiger partial charge in [0, 0.05) is 10.9 Å². The molecule has 0 saturated heterocycles. The maximum absolute atomic E-state index is 5.20. The van der Waals surface area contributed by atoms with E-state index < -0.39 is 0 Å². The average Bonchev–Trinajstić information content (AvgIpc) is 3.48. The first-order valence-corrected chi connectivity index (χ1v) is 12.0. The number of rotatable bonds is 2. The van der Waals surface area contributed by atoms with Gasteiger partial charge >= 0.3 is 0 Å². The van der Waals surface area contributed by atoms with Gasteiger partial charge < -0.3 is 0 Å². The van der Waals surface area contributed by atoms with Crippen LogP contribution < -0.4 is 0 Å². The maximum atomic E-state index is 5.20. The quantitative estimate of drug-likeness (QED) is 0.274. The van der Waals surface area contributed by atoms with Crippen LogP contribution in [0.1, 0.15) is 0 Å². The molecule has 0 fully saturated rings. The van der Waals surface area contributed by atoms with Crippen molar-refractivity contribution in [2.75, 3.05) is 0 Å². The van der Waals surface area contributed by atoms with Crippen LogP contribution in [0.25, 0.3) is 66.7 Å². The minimum atomic E-state index is 0.815. The SMILES string of the molecule is c1ccc(-c2nc3ccccc3nc2-n2c3ccccc3c3c2ccc2nc4ccccc4n23)cc1. The van der Waals surface area contributed by atoms with E-state index in [1.165, 1.54) is 0 Å². The highest BCUT2D eigenvalue weighted by atomic mass is 15.1. The van der Waals surface area contributed by atoms with E-state index in [-0.39, 0.29) is 0 Å². The Morgan fingerprint density at radius 1 is 0.472 bits per heavy atom. The Morgan fingerprint density at radius 2 is 1.14 bits per heavy atom. The Balaban J connectivity index is 1.59. The second-order valence-corrected chi connectivity index (χ2v) is 8.96. The minimum Gasteiger partial charge on any atom is -0.290 e. The first-order chi connectivity index (χ1) is 17.9. The Hall–Kier alpha value is -5.03. The third-order valence-corrected chi connectivity index (χ3v) is 6.90. The van der Waals surface area contributed by atoms with E-state index in [0.29, 0.717) is 0 Å². The molecule has 8 aromatic rings. The van der Waals surface area contributed by atoms with Gasteiger partial charge in [0.05, 0.1) is 38.6 Å². The molecule has 4 aromatic carbocycles. The van der Waals surface area contributed by atoms with Gasteiger partial charge in [0.2, 0.25) is 0 Å². The van der Waals surface area contributed by atoms with Crippen LogP contribution in [0, 0.1) is 0 Å². The molecule has 0 spiro atoms. The van der Waals surface area contributed by atoms with Crippen LogP contribution in [0.5, 0.6) is 0 Å². The molecule has 0 saturated carbocycles. The largest absolute Gasteiger partial charge is 0.290 e. The van der Waals surface area contributed by atoms with Gasteiger partial charge in [0.25, 0.3) is 0 Å². The lowest BCUT2D eigenvalue weighted by Gasteiger charge is -2.13. The molecule has 4 aromatic heterocycles. The van der Waals surface area contributed by atoms with E-state index in [2.05, 4.69) is 75.7 Å². The molecular weight excluding hydrogens is 442 g/mol. The van der Waals surface area contributed by atoms with Gasteiger partial charge in [0.15, 0.2) is 5.82 Å². The van der Waals surface area contributed by atoms with Crippen LogP contribution in [0.4, 0.5) is 0 Å². The number of benzene rings is 4. The topological polar surface area (TPSA) is 48.0 Å². The maximum Gasteiger partial charge on any atom is 0.165 e. The Morgan fingerprint density at radius 3 is 1.97 bits per heavy atom. The number of nitrogens with zero attached hydrogens (tertiary/aromatic N) is 5. The minimum absolute atomic E-state index is 0.815. The summed E-state index contributed by atoms with van der Waals surface area (Å²) < 4.78 is 4.51. The average molecular weight is 462 g/mol. The lowest BCUT2D eigenvalue weighted by molar-refractivity contribution is 1.08. The lowest BCUT2D eigenvalue weighted by atomic mass is 10.1. The van der Waals surface area contributed by atoms with E-state index in [0.717, 1.165) is 66.7 Å². The van der Waals surface area contributed by atoms with Gasteiger partial charge in [-0.05, 0) is 42.5 Å². The van der Waals surface area contributed by atoms with Crippen molar-refractivity contribution in [2.24, 2.45) is 0 Å². The highest BCUT2D eigenvalue weighted by Gasteiger charge is 2.21. The number of pyridine rings is 1. The predicted molar refractivity (Wildman–Crippen MR) is 146 cm³/mol. The molecule has 4 heterocycles. The molecule has 168 valence electrons. The van der Waals surface area contributed by atoms with Gasteiger partial charge in [0.1, 0.15) is 11.3 Å². The first-order valence-electron chi connectivity index (χ1n) is 12.0. The normalized spacial score (nSPS) is 11.9. The van der Waals surface area contributed by atoms with Gasteiger partial charge in [-0.15, -0.1) is 0 Å². The van der Waals surface area contributed by atoms with Crippen molar-refractivity contribution in [1.29, 1.82) is 0 Å². The third kappa shape index (κ3) is 2.62. The van der Waals surface area contributed by atoms with E-state index in [4.69, 9.17) is 15.0 Å². The van der Waals surface area contributed by atoms with Gasteiger partial charge in [-0.3, -0.25) is 8.97 Å². The molecule has 0 amide bonds. The van der Waals surface area contributed by atoms with Crippen molar-refractivity contribution >= 4 is 49.7 Å². The number of hydrogen-bond donors (Lipinski definition) is 0. The lowest BCUT2D eigenvalue weighted by Crippen LogP contribution is -2.03. The van der Waals surface area contributed by atoms with Crippen molar-refractivity contribution in [1.82, 2.24) is 23.9 Å². The number of para-hydroxylation sites is 5. The summed E-state index contributed by atoms with van der Waals surface area (Å²) in [5, 5.41) is 1.15. The second-order valence-electron chi connectivity index (χ2n) is 8.96. The van der Waals surface area contributed by atoms with E-state index in [1.807, 2.05) is 48.5 Å². The van der Waals surface area contributed by atoms with Crippen LogP contribution in [0.3, 0.4) is 0 Å². The third-order valence-electron chi connectivity index (χ3n) is 6.90. The van der Waals surface area contributed by atoms with Crippen LogP contribution in [-0.2, 0) is 0 Å². The molecular formula is C31H19N5. The summed E-state index contributed by atoms with van der Waals surface area (Å²) in [6.45, 7) is 0. The summed E-state index contributed by atoms with van der Waals surface area (Å²) in [5.74, 6) is 0.815. The zero-order valence-corrected chi connectivity index (χ0v) is 19.2. The van der Waals surface area contributed by atoms with Crippen molar-refractivity contribution in [3.63, 3.8) is 0 Å². The van der Waals surface area contributed by atoms with Crippen LogP contribution >= 0.6 is 0 Å². The van der Waals surface area contributed by atoms with E-state index in [1.54, 1.807) is 0 Å². The Bertz CT molecular complexity index is 2100. The molecule has 5 nitrogen and oxygen atoms in total. The molecule has 0 bridgehead atoms. The van der Waals surface area contributed by atoms with E-state index >= 15 is 0 Å². The van der Waals surface area contributed by atoms with Gasteiger partial charge in [-0.25, -0.2) is 15.0 Å². The molecule has 0 aliphatic carbocycles. The second kappa shape index (κ2) is 7.23. The van der Waals surface area contributed by atoms with Crippen LogP contribution in [0.2, 0.25) is 0 Å². The first kappa shape index (κ1) is 19.3. The van der Waals surface area contributed by atoms with Gasteiger partial charge in [-0.1, -0.05) is 72.8 Å². The summed E-state index contributed by atoms with van der Waals surface area (Å²) in [7, 11) is 0. The zero-order valence-electron chi connectivity index (χ0n) is 19.2. The smallest absolute Gasteiger partial charge is 0.165 e. The molecule has 0 aliphatic rings. The molecule has 36 heavy (non-hydrogen) atoms. The monoisotopic (exact) mass is 461 g/mol. The van der Waals surface area contributed by atoms with Crippen LogP contribution in [-0.4, -0.2) is 23.9 Å². The molecule has 8 rings (SSSR count).